The van der Waals surface area contributed by atoms with Crippen LogP contribution >= 0.6 is 11.3 Å². The van der Waals surface area contributed by atoms with Crippen LogP contribution in [0.3, 0.4) is 0 Å². The summed E-state index contributed by atoms with van der Waals surface area (Å²) >= 11 is 1.66. The number of aromatic hydroxyl groups is 2. The van der Waals surface area contributed by atoms with E-state index in [2.05, 4.69) is 24.3 Å². The summed E-state index contributed by atoms with van der Waals surface area (Å²) in [6.07, 6.45) is 2.26. The lowest BCUT2D eigenvalue weighted by Crippen LogP contribution is -2.07. The lowest BCUT2D eigenvalue weighted by molar-refractivity contribution is 0.404. The van der Waals surface area contributed by atoms with Crippen molar-refractivity contribution < 1.29 is 10.2 Å². The van der Waals surface area contributed by atoms with Crippen LogP contribution in [0.2, 0.25) is 0 Å². The van der Waals surface area contributed by atoms with E-state index in [1.807, 2.05) is 11.4 Å². The fourth-order valence-corrected chi connectivity index (χ4v) is 3.93. The van der Waals surface area contributed by atoms with Gasteiger partial charge in [-0.2, -0.15) is 0 Å². The van der Waals surface area contributed by atoms with E-state index in [0.717, 1.165) is 29.1 Å². The minimum atomic E-state index is -0.115. The summed E-state index contributed by atoms with van der Waals surface area (Å²) in [5.41, 5.74) is 3.06. The number of phenols is 2. The molecule has 1 aliphatic carbocycles. The first-order chi connectivity index (χ1) is 10.7. The monoisotopic (exact) mass is 309 g/mol. The second-order valence-electron chi connectivity index (χ2n) is 5.69. The lowest BCUT2D eigenvalue weighted by atomic mass is 9.97. The second-order valence-corrected chi connectivity index (χ2v) is 6.55. The molecule has 1 aliphatic rings. The van der Waals surface area contributed by atoms with Crippen molar-refractivity contribution in [3.8, 4) is 22.8 Å². The van der Waals surface area contributed by atoms with Crippen LogP contribution in [0.1, 0.15) is 23.4 Å². The Balaban J connectivity index is 1.71. The van der Waals surface area contributed by atoms with Gasteiger partial charge in [-0.3, -0.25) is 0 Å². The van der Waals surface area contributed by atoms with Crippen LogP contribution in [0, 0.1) is 0 Å². The molecule has 2 N–H and O–H groups in total. The summed E-state index contributed by atoms with van der Waals surface area (Å²) < 4.78 is 0. The minimum Gasteiger partial charge on any atom is -0.504 e. The highest BCUT2D eigenvalue weighted by Gasteiger charge is 2.48. The van der Waals surface area contributed by atoms with Gasteiger partial charge < -0.3 is 10.2 Å². The van der Waals surface area contributed by atoms with Crippen LogP contribution in [0.15, 0.2) is 53.9 Å². The number of nitrogens with zero attached hydrogens (tertiary/aromatic N) is 1. The van der Waals surface area contributed by atoms with E-state index in [4.69, 9.17) is 4.98 Å². The van der Waals surface area contributed by atoms with Gasteiger partial charge >= 0.3 is 0 Å². The molecule has 1 aromatic heterocycles. The van der Waals surface area contributed by atoms with Gasteiger partial charge in [-0.25, -0.2) is 4.98 Å². The van der Waals surface area contributed by atoms with Crippen molar-refractivity contribution >= 4 is 11.3 Å². The van der Waals surface area contributed by atoms with Gasteiger partial charge in [0, 0.05) is 16.4 Å². The number of hydrogen-bond donors (Lipinski definition) is 2. The predicted octanol–water partition coefficient (Wildman–Crippen LogP) is 4.30. The van der Waals surface area contributed by atoms with Gasteiger partial charge in [0.2, 0.25) is 0 Å². The molecule has 1 saturated carbocycles. The molecule has 0 aliphatic heterocycles. The van der Waals surface area contributed by atoms with Gasteiger partial charge in [0.25, 0.3) is 0 Å². The Bertz CT molecular complexity index is 822. The summed E-state index contributed by atoms with van der Waals surface area (Å²) in [7, 11) is 0. The smallest absolute Gasteiger partial charge is 0.158 e. The Morgan fingerprint density at radius 2 is 1.73 bits per heavy atom. The highest BCUT2D eigenvalue weighted by molar-refractivity contribution is 7.10. The zero-order chi connectivity index (χ0) is 15.2. The molecule has 1 heterocycles. The third-order valence-electron chi connectivity index (χ3n) is 4.26. The van der Waals surface area contributed by atoms with Crippen LogP contribution in [0.25, 0.3) is 11.3 Å². The fraction of sp³-hybridized carbons (Fsp3) is 0.167. The van der Waals surface area contributed by atoms with Crippen molar-refractivity contribution in [1.29, 1.82) is 0 Å². The molecule has 0 radical (unpaired) electrons. The minimum absolute atomic E-state index is 0.0726. The van der Waals surface area contributed by atoms with Crippen LogP contribution in [0.4, 0.5) is 0 Å². The quantitative estimate of drug-likeness (QED) is 0.709. The second kappa shape index (κ2) is 4.85. The van der Waals surface area contributed by atoms with E-state index in [1.54, 1.807) is 23.5 Å². The van der Waals surface area contributed by atoms with Crippen LogP contribution < -0.4 is 0 Å². The highest BCUT2D eigenvalue weighted by Crippen LogP contribution is 2.54. The van der Waals surface area contributed by atoms with Crippen molar-refractivity contribution in [1.82, 2.24) is 4.98 Å². The largest absolute Gasteiger partial charge is 0.504 e. The van der Waals surface area contributed by atoms with Crippen molar-refractivity contribution in [2.75, 3.05) is 0 Å². The van der Waals surface area contributed by atoms with Crippen molar-refractivity contribution in [2.24, 2.45) is 0 Å². The number of thiazole rings is 1. The molecule has 110 valence electrons. The lowest BCUT2D eigenvalue weighted by Gasteiger charge is -2.12. The Labute approximate surface area is 132 Å². The van der Waals surface area contributed by atoms with Crippen LogP contribution in [-0.2, 0) is 5.41 Å². The molecule has 2 aromatic carbocycles. The molecule has 1 fully saturated rings. The number of rotatable bonds is 3. The molecule has 0 atom stereocenters. The normalized spacial score (nSPS) is 15.6. The molecule has 0 unspecified atom stereocenters. The van der Waals surface area contributed by atoms with Crippen molar-refractivity contribution in [2.45, 2.75) is 18.3 Å². The number of phenolic OH excluding ortho intramolecular Hbond substituents is 2. The maximum atomic E-state index is 9.64. The molecule has 0 amide bonds. The average molecular weight is 309 g/mol. The summed E-state index contributed by atoms with van der Waals surface area (Å²) in [4.78, 5) is 4.79. The molecular weight excluding hydrogens is 294 g/mol. The molecule has 4 rings (SSSR count). The van der Waals surface area contributed by atoms with Gasteiger partial charge in [-0.05, 0) is 36.6 Å². The predicted molar refractivity (Wildman–Crippen MR) is 87.3 cm³/mol. The molecule has 3 aromatic rings. The molecule has 4 heteroatoms. The molecule has 3 nitrogen and oxygen atoms in total. The molecular formula is C18H15NO2S. The Hall–Kier alpha value is -2.33. The number of benzene rings is 2. The summed E-state index contributed by atoms with van der Waals surface area (Å²) in [6, 6.07) is 15.3. The SMILES string of the molecule is Oc1ccc(-c2csc(C3(c4ccccc4)CC3)n2)cc1O. The van der Waals surface area contributed by atoms with E-state index in [0.29, 0.717) is 0 Å². The summed E-state index contributed by atoms with van der Waals surface area (Å²) in [5, 5.41) is 22.2. The zero-order valence-electron chi connectivity index (χ0n) is 11.9. The third kappa shape index (κ3) is 2.07. The van der Waals surface area contributed by atoms with Gasteiger partial charge in [-0.1, -0.05) is 30.3 Å². The Morgan fingerprint density at radius 3 is 2.41 bits per heavy atom. The first-order valence-corrected chi connectivity index (χ1v) is 8.11. The zero-order valence-corrected chi connectivity index (χ0v) is 12.7. The van der Waals surface area contributed by atoms with Crippen LogP contribution in [0.5, 0.6) is 11.5 Å². The topological polar surface area (TPSA) is 53.4 Å². The molecule has 0 saturated heterocycles. The number of aromatic nitrogens is 1. The third-order valence-corrected chi connectivity index (χ3v) is 5.31. The van der Waals surface area contributed by atoms with Crippen molar-refractivity contribution in [3.63, 3.8) is 0 Å². The Kier molecular flexibility index (Phi) is 2.94. The van der Waals surface area contributed by atoms with Gasteiger partial charge in [0.1, 0.15) is 5.01 Å². The average Bonchev–Trinajstić information content (AvgIpc) is 3.21. The van der Waals surface area contributed by atoms with E-state index in [1.165, 1.54) is 11.6 Å². The molecule has 0 spiro atoms. The van der Waals surface area contributed by atoms with Crippen LogP contribution in [-0.4, -0.2) is 15.2 Å². The summed E-state index contributed by atoms with van der Waals surface area (Å²) in [5.74, 6) is -0.224. The maximum Gasteiger partial charge on any atom is 0.158 e. The van der Waals surface area contributed by atoms with E-state index in [9.17, 15) is 10.2 Å². The number of hydrogen-bond acceptors (Lipinski definition) is 4. The van der Waals surface area contributed by atoms with E-state index >= 15 is 0 Å². The molecule has 0 bridgehead atoms. The molecule has 22 heavy (non-hydrogen) atoms. The highest BCUT2D eigenvalue weighted by atomic mass is 32.1. The van der Waals surface area contributed by atoms with Crippen molar-refractivity contribution in [3.05, 3.63) is 64.5 Å². The first-order valence-electron chi connectivity index (χ1n) is 7.23. The van der Waals surface area contributed by atoms with Gasteiger partial charge in [-0.15, -0.1) is 11.3 Å². The summed E-state index contributed by atoms with van der Waals surface area (Å²) in [6.45, 7) is 0. The standard InChI is InChI=1S/C18H15NO2S/c20-15-7-6-12(10-16(15)21)14-11-22-17(19-14)18(8-9-18)13-4-2-1-3-5-13/h1-7,10-11,20-21H,8-9H2. The maximum absolute atomic E-state index is 9.64. The van der Waals surface area contributed by atoms with Gasteiger partial charge in [0.15, 0.2) is 11.5 Å². The Morgan fingerprint density at radius 1 is 0.955 bits per heavy atom. The van der Waals surface area contributed by atoms with E-state index < -0.39 is 0 Å². The fourth-order valence-electron chi connectivity index (χ4n) is 2.82. The first kappa shape index (κ1) is 13.3. The van der Waals surface area contributed by atoms with E-state index in [-0.39, 0.29) is 16.9 Å². The van der Waals surface area contributed by atoms with Gasteiger partial charge in [0.05, 0.1) is 5.69 Å².